The van der Waals surface area contributed by atoms with Crippen LogP contribution < -0.4 is 10.9 Å². The largest absolute Gasteiger partial charge is 0.342 e. The molecule has 0 aromatic heterocycles. The topological polar surface area (TPSA) is 68.9 Å². The number of halogens is 2. The van der Waals surface area contributed by atoms with Crippen LogP contribution in [-0.2, 0) is 17.9 Å². The number of nitrogens with zero attached hydrogens (tertiary/aromatic N) is 3. The third-order valence-electron chi connectivity index (χ3n) is 5.35. The molecule has 0 spiro atoms. The molecule has 0 fully saturated rings. The van der Waals surface area contributed by atoms with Crippen molar-refractivity contribution in [1.82, 2.24) is 14.3 Å². The van der Waals surface area contributed by atoms with Crippen molar-refractivity contribution < 1.29 is 9.18 Å². The standard InChI is InChI=1S/C25H18ClFN4O2/c26-17-7-4-8-19(11-17)28-23(32)15-31-25(33)21-14-30(13-16-5-2-1-3-6-16)22-10-9-18(27)12-20(22)24(21)29-31/h1-12,14H,13,15H2,(H,28,32). The molecule has 164 valence electrons. The first-order valence-corrected chi connectivity index (χ1v) is 10.6. The lowest BCUT2D eigenvalue weighted by molar-refractivity contribution is -0.116. The molecule has 3 aromatic carbocycles. The van der Waals surface area contributed by atoms with Gasteiger partial charge >= 0.3 is 0 Å². The summed E-state index contributed by atoms with van der Waals surface area (Å²) in [6.07, 6.45) is 1.71. The first kappa shape index (κ1) is 20.9. The van der Waals surface area contributed by atoms with Crippen LogP contribution in [0, 0.1) is 5.82 Å². The fourth-order valence-corrected chi connectivity index (χ4v) is 4.06. The maximum atomic E-state index is 14.1. The molecule has 8 heteroatoms. The molecule has 0 saturated carbocycles. The zero-order valence-corrected chi connectivity index (χ0v) is 18.1. The summed E-state index contributed by atoms with van der Waals surface area (Å²) in [6.45, 7) is 0.217. The van der Waals surface area contributed by atoms with Crippen LogP contribution in [0.3, 0.4) is 0 Å². The molecule has 33 heavy (non-hydrogen) atoms. The molecule has 2 heterocycles. The number of aromatic nitrogens is 3. The van der Waals surface area contributed by atoms with Crippen molar-refractivity contribution in [2.75, 3.05) is 5.32 Å². The van der Waals surface area contributed by atoms with Crippen LogP contribution in [0.5, 0.6) is 0 Å². The minimum atomic E-state index is -0.429. The molecule has 0 aliphatic carbocycles. The van der Waals surface area contributed by atoms with E-state index in [0.29, 0.717) is 33.9 Å². The van der Waals surface area contributed by atoms with E-state index in [-0.39, 0.29) is 6.54 Å². The van der Waals surface area contributed by atoms with Crippen LogP contribution in [0.25, 0.3) is 22.2 Å². The van der Waals surface area contributed by atoms with E-state index in [2.05, 4.69) is 10.4 Å². The summed E-state index contributed by atoms with van der Waals surface area (Å²) in [5.74, 6) is -0.850. The average molecular weight is 461 g/mol. The van der Waals surface area contributed by atoms with E-state index < -0.39 is 17.3 Å². The van der Waals surface area contributed by atoms with Crippen LogP contribution in [0.1, 0.15) is 5.56 Å². The molecule has 0 bridgehead atoms. The Balaban J connectivity index is 1.55. The summed E-state index contributed by atoms with van der Waals surface area (Å²) in [5.41, 5.74) is 2.55. The number of benzene rings is 3. The fraction of sp³-hybridized carbons (Fsp3) is 0.0800. The van der Waals surface area contributed by atoms with Gasteiger partial charge < -0.3 is 9.88 Å². The van der Waals surface area contributed by atoms with Crippen molar-refractivity contribution in [3.8, 4) is 11.3 Å². The molecule has 0 atom stereocenters. The van der Waals surface area contributed by atoms with Crippen molar-refractivity contribution in [1.29, 1.82) is 0 Å². The highest BCUT2D eigenvalue weighted by molar-refractivity contribution is 6.30. The number of hydrogen-bond donors (Lipinski definition) is 1. The van der Waals surface area contributed by atoms with Crippen LogP contribution in [0.4, 0.5) is 10.1 Å². The zero-order valence-electron chi connectivity index (χ0n) is 17.3. The maximum Gasteiger partial charge on any atom is 0.278 e. The monoisotopic (exact) mass is 460 g/mol. The van der Waals surface area contributed by atoms with E-state index in [1.54, 1.807) is 36.5 Å². The van der Waals surface area contributed by atoms with Gasteiger partial charge in [-0.3, -0.25) is 9.59 Å². The first-order valence-electron chi connectivity index (χ1n) is 10.3. The summed E-state index contributed by atoms with van der Waals surface area (Å²) < 4.78 is 17.1. The van der Waals surface area contributed by atoms with Crippen molar-refractivity contribution in [2.24, 2.45) is 0 Å². The van der Waals surface area contributed by atoms with Crippen LogP contribution >= 0.6 is 11.6 Å². The molecule has 0 radical (unpaired) electrons. The minimum absolute atomic E-state index is 0.282. The van der Waals surface area contributed by atoms with E-state index >= 15 is 0 Å². The van der Waals surface area contributed by atoms with Crippen molar-refractivity contribution in [3.05, 3.63) is 106 Å². The molecule has 0 saturated heterocycles. The second-order valence-electron chi connectivity index (χ2n) is 7.69. The third-order valence-corrected chi connectivity index (χ3v) is 5.58. The number of carbonyl (C=O) groups is 1. The summed E-state index contributed by atoms with van der Waals surface area (Å²) in [6, 6.07) is 20.9. The van der Waals surface area contributed by atoms with Crippen LogP contribution in [-0.4, -0.2) is 20.3 Å². The second-order valence-corrected chi connectivity index (χ2v) is 8.12. The lowest BCUT2D eigenvalue weighted by Gasteiger charge is -2.14. The number of rotatable bonds is 5. The van der Waals surface area contributed by atoms with E-state index in [1.807, 2.05) is 34.9 Å². The Bertz CT molecular complexity index is 1510. The third kappa shape index (κ3) is 4.23. The van der Waals surface area contributed by atoms with E-state index in [0.717, 1.165) is 15.8 Å². The molecule has 0 unspecified atom stereocenters. The van der Waals surface area contributed by atoms with Gasteiger partial charge in [0, 0.05) is 28.8 Å². The molecule has 2 aliphatic heterocycles. The molecule has 1 N–H and O–H groups in total. The van der Waals surface area contributed by atoms with Gasteiger partial charge in [-0.25, -0.2) is 9.07 Å². The summed E-state index contributed by atoms with van der Waals surface area (Å²) in [7, 11) is 0. The van der Waals surface area contributed by atoms with Gasteiger partial charge in [0.2, 0.25) is 5.91 Å². The molecule has 1 amide bonds. The second kappa shape index (κ2) is 8.52. The normalized spacial score (nSPS) is 11.2. The number of hydrogen-bond acceptors (Lipinski definition) is 3. The molecule has 2 aliphatic rings. The molecule has 6 nitrogen and oxygen atoms in total. The van der Waals surface area contributed by atoms with Gasteiger partial charge in [-0.05, 0) is 42.0 Å². The van der Waals surface area contributed by atoms with Crippen LogP contribution in [0.2, 0.25) is 5.02 Å². The molecular weight excluding hydrogens is 443 g/mol. The minimum Gasteiger partial charge on any atom is -0.342 e. The predicted molar refractivity (Wildman–Crippen MR) is 126 cm³/mol. The highest BCUT2D eigenvalue weighted by Gasteiger charge is 2.22. The van der Waals surface area contributed by atoms with E-state index in [4.69, 9.17) is 11.6 Å². The lowest BCUT2D eigenvalue weighted by atomic mass is 10.1. The fourth-order valence-electron chi connectivity index (χ4n) is 3.87. The van der Waals surface area contributed by atoms with Crippen molar-refractivity contribution in [3.63, 3.8) is 0 Å². The highest BCUT2D eigenvalue weighted by Crippen LogP contribution is 2.28. The van der Waals surface area contributed by atoms with Gasteiger partial charge in [0.1, 0.15) is 18.1 Å². The van der Waals surface area contributed by atoms with E-state index in [1.165, 1.54) is 12.1 Å². The molecule has 3 aromatic rings. The molecule has 5 rings (SSSR count). The van der Waals surface area contributed by atoms with Gasteiger partial charge in [-0.15, -0.1) is 0 Å². The number of pyridine rings is 1. The van der Waals surface area contributed by atoms with Crippen molar-refractivity contribution >= 4 is 34.1 Å². The SMILES string of the molecule is O=C(Cn1nc2c3cc(F)ccc3n(Cc3ccccc3)cc-2c1=O)Nc1cccc(Cl)c1. The quantitative estimate of drug-likeness (QED) is 0.410. The number of amides is 1. The Morgan fingerprint density at radius 1 is 1.03 bits per heavy atom. The Labute approximate surface area is 193 Å². The van der Waals surface area contributed by atoms with Crippen LogP contribution in [0.15, 0.2) is 83.8 Å². The van der Waals surface area contributed by atoms with Gasteiger partial charge in [-0.2, -0.15) is 5.10 Å². The Hall–Kier alpha value is -3.97. The number of anilines is 1. The first-order chi connectivity index (χ1) is 16.0. The number of fused-ring (bicyclic) bond motifs is 3. The smallest absolute Gasteiger partial charge is 0.278 e. The Kier molecular flexibility index (Phi) is 5.40. The van der Waals surface area contributed by atoms with Gasteiger partial charge in [0.25, 0.3) is 5.56 Å². The van der Waals surface area contributed by atoms with E-state index in [9.17, 15) is 14.0 Å². The van der Waals surface area contributed by atoms with Gasteiger partial charge in [0.15, 0.2) is 0 Å². The van der Waals surface area contributed by atoms with Gasteiger partial charge in [0.05, 0.1) is 11.1 Å². The van der Waals surface area contributed by atoms with Crippen molar-refractivity contribution in [2.45, 2.75) is 13.1 Å². The summed E-state index contributed by atoms with van der Waals surface area (Å²) in [4.78, 5) is 25.6. The number of carbonyl (C=O) groups excluding carboxylic acids is 1. The highest BCUT2D eigenvalue weighted by atomic mass is 35.5. The number of nitrogens with one attached hydrogen (secondary N) is 1. The lowest BCUT2D eigenvalue weighted by Crippen LogP contribution is -2.26. The zero-order chi connectivity index (χ0) is 22.9. The maximum absolute atomic E-state index is 14.1. The average Bonchev–Trinajstić information content (AvgIpc) is 3.10. The molecular formula is C25H18ClFN4O2. The predicted octanol–water partition coefficient (Wildman–Crippen LogP) is 4.78. The summed E-state index contributed by atoms with van der Waals surface area (Å²) >= 11 is 5.96. The Morgan fingerprint density at radius 3 is 2.64 bits per heavy atom. The summed E-state index contributed by atoms with van der Waals surface area (Å²) in [5, 5.41) is 8.06. The van der Waals surface area contributed by atoms with Gasteiger partial charge in [-0.1, -0.05) is 48.0 Å². The Morgan fingerprint density at radius 2 is 1.85 bits per heavy atom.